The van der Waals surface area contributed by atoms with Crippen LogP contribution in [0.4, 0.5) is 5.69 Å². The van der Waals surface area contributed by atoms with Crippen LogP contribution in [0.2, 0.25) is 0 Å². The van der Waals surface area contributed by atoms with Gasteiger partial charge in [0.15, 0.2) is 0 Å². The SMILES string of the molecule is Cn1cc(N2CCC(CNC(C)(C)C)C2)cn1. The van der Waals surface area contributed by atoms with Gasteiger partial charge in [0.1, 0.15) is 0 Å². The zero-order valence-corrected chi connectivity index (χ0v) is 11.4. The minimum atomic E-state index is 0.224. The smallest absolute Gasteiger partial charge is 0.0752 e. The van der Waals surface area contributed by atoms with Crippen molar-refractivity contribution in [3.63, 3.8) is 0 Å². The van der Waals surface area contributed by atoms with E-state index in [-0.39, 0.29) is 5.54 Å². The van der Waals surface area contributed by atoms with Crippen LogP contribution < -0.4 is 10.2 Å². The zero-order valence-electron chi connectivity index (χ0n) is 11.4. The molecule has 1 saturated heterocycles. The van der Waals surface area contributed by atoms with Crippen molar-refractivity contribution in [1.82, 2.24) is 15.1 Å². The Balaban J connectivity index is 1.83. The Labute approximate surface area is 104 Å². The van der Waals surface area contributed by atoms with Crippen molar-refractivity contribution >= 4 is 5.69 Å². The first-order chi connectivity index (χ1) is 7.94. The van der Waals surface area contributed by atoms with Crippen LogP contribution in [0.3, 0.4) is 0 Å². The van der Waals surface area contributed by atoms with Gasteiger partial charge in [0.2, 0.25) is 0 Å². The van der Waals surface area contributed by atoms with Crippen LogP contribution in [-0.2, 0) is 7.05 Å². The first-order valence-electron chi connectivity index (χ1n) is 6.43. The normalized spacial score (nSPS) is 21.2. The number of aromatic nitrogens is 2. The first-order valence-corrected chi connectivity index (χ1v) is 6.43. The summed E-state index contributed by atoms with van der Waals surface area (Å²) < 4.78 is 1.87. The molecule has 1 atom stereocenters. The summed E-state index contributed by atoms with van der Waals surface area (Å²) in [4.78, 5) is 2.43. The van der Waals surface area contributed by atoms with E-state index < -0.39 is 0 Å². The van der Waals surface area contributed by atoms with Gasteiger partial charge in [-0.3, -0.25) is 4.68 Å². The highest BCUT2D eigenvalue weighted by Crippen LogP contribution is 2.22. The molecule has 4 nitrogen and oxygen atoms in total. The second kappa shape index (κ2) is 4.69. The molecule has 2 heterocycles. The second-order valence-corrected chi connectivity index (χ2v) is 6.10. The third-order valence-corrected chi connectivity index (χ3v) is 3.26. The van der Waals surface area contributed by atoms with E-state index in [0.717, 1.165) is 25.6 Å². The number of nitrogens with zero attached hydrogens (tertiary/aromatic N) is 3. The Bertz CT molecular complexity index is 364. The van der Waals surface area contributed by atoms with Crippen LogP contribution in [0, 0.1) is 5.92 Å². The molecule has 1 N–H and O–H groups in total. The fourth-order valence-corrected chi connectivity index (χ4v) is 2.26. The summed E-state index contributed by atoms with van der Waals surface area (Å²) in [5.74, 6) is 0.759. The van der Waals surface area contributed by atoms with Gasteiger partial charge in [-0.05, 0) is 33.1 Å². The summed E-state index contributed by atoms with van der Waals surface area (Å²) in [6.45, 7) is 10.1. The molecule has 0 amide bonds. The molecule has 0 aromatic carbocycles. The molecule has 0 aliphatic carbocycles. The number of aryl methyl sites for hydroxylation is 1. The molecule has 0 spiro atoms. The minimum Gasteiger partial charge on any atom is -0.369 e. The van der Waals surface area contributed by atoms with Gasteiger partial charge in [0.05, 0.1) is 11.9 Å². The maximum Gasteiger partial charge on any atom is 0.0752 e. The number of hydrogen-bond donors (Lipinski definition) is 1. The van der Waals surface area contributed by atoms with Gasteiger partial charge >= 0.3 is 0 Å². The Morgan fingerprint density at radius 3 is 2.82 bits per heavy atom. The molecule has 1 fully saturated rings. The quantitative estimate of drug-likeness (QED) is 0.866. The maximum absolute atomic E-state index is 4.23. The highest BCUT2D eigenvalue weighted by atomic mass is 15.3. The van der Waals surface area contributed by atoms with Crippen molar-refractivity contribution in [3.05, 3.63) is 12.4 Å². The van der Waals surface area contributed by atoms with Crippen molar-refractivity contribution in [3.8, 4) is 0 Å². The molecule has 0 radical (unpaired) electrons. The van der Waals surface area contributed by atoms with E-state index in [4.69, 9.17) is 0 Å². The van der Waals surface area contributed by atoms with Gasteiger partial charge in [-0.25, -0.2) is 0 Å². The van der Waals surface area contributed by atoms with Crippen LogP contribution in [-0.4, -0.2) is 35.0 Å². The number of nitrogens with one attached hydrogen (secondary N) is 1. The molecule has 96 valence electrons. The average molecular weight is 236 g/mol. The summed E-state index contributed by atoms with van der Waals surface area (Å²) >= 11 is 0. The third kappa shape index (κ3) is 3.46. The lowest BCUT2D eigenvalue weighted by molar-refractivity contribution is 0.383. The van der Waals surface area contributed by atoms with Crippen molar-refractivity contribution in [2.24, 2.45) is 13.0 Å². The highest BCUT2D eigenvalue weighted by molar-refractivity contribution is 5.43. The molecule has 1 unspecified atom stereocenters. The van der Waals surface area contributed by atoms with Gasteiger partial charge in [0.25, 0.3) is 0 Å². The largest absolute Gasteiger partial charge is 0.369 e. The third-order valence-electron chi connectivity index (χ3n) is 3.26. The molecule has 17 heavy (non-hydrogen) atoms. The number of anilines is 1. The highest BCUT2D eigenvalue weighted by Gasteiger charge is 2.24. The molecule has 1 aliphatic rings. The Morgan fingerprint density at radius 1 is 1.47 bits per heavy atom. The number of rotatable bonds is 3. The first kappa shape index (κ1) is 12.4. The van der Waals surface area contributed by atoms with E-state index in [9.17, 15) is 0 Å². The Hall–Kier alpha value is -1.03. The lowest BCUT2D eigenvalue weighted by atomic mass is 10.1. The van der Waals surface area contributed by atoms with E-state index >= 15 is 0 Å². The minimum absolute atomic E-state index is 0.224. The van der Waals surface area contributed by atoms with Gasteiger partial charge in [-0.2, -0.15) is 5.10 Å². The monoisotopic (exact) mass is 236 g/mol. The lowest BCUT2D eigenvalue weighted by Crippen LogP contribution is -2.39. The standard InChI is InChI=1S/C13H24N4/c1-13(2,3)14-7-11-5-6-17(9-11)12-8-15-16(4)10-12/h8,10-11,14H,5-7,9H2,1-4H3. The van der Waals surface area contributed by atoms with E-state index in [0.29, 0.717) is 0 Å². The molecule has 1 aromatic rings. The van der Waals surface area contributed by atoms with Gasteiger partial charge in [0, 0.05) is 38.4 Å². The Kier molecular flexibility index (Phi) is 3.43. The second-order valence-electron chi connectivity index (χ2n) is 6.10. The molecule has 2 rings (SSSR count). The number of hydrogen-bond acceptors (Lipinski definition) is 3. The van der Waals surface area contributed by atoms with E-state index in [2.05, 4.69) is 42.3 Å². The van der Waals surface area contributed by atoms with E-state index in [1.54, 1.807) is 0 Å². The molecule has 0 bridgehead atoms. The summed E-state index contributed by atoms with van der Waals surface area (Å²) in [6.07, 6.45) is 5.33. The topological polar surface area (TPSA) is 33.1 Å². The molecule has 1 aliphatic heterocycles. The van der Waals surface area contributed by atoms with Crippen molar-refractivity contribution < 1.29 is 0 Å². The van der Waals surface area contributed by atoms with E-state index in [1.165, 1.54) is 12.1 Å². The van der Waals surface area contributed by atoms with Gasteiger partial charge < -0.3 is 10.2 Å². The van der Waals surface area contributed by atoms with E-state index in [1.807, 2.05) is 17.9 Å². The van der Waals surface area contributed by atoms with Crippen LogP contribution >= 0.6 is 0 Å². The molecular formula is C13H24N4. The zero-order chi connectivity index (χ0) is 12.5. The predicted octanol–water partition coefficient (Wildman–Crippen LogP) is 1.63. The van der Waals surface area contributed by atoms with Crippen LogP contribution in [0.15, 0.2) is 12.4 Å². The maximum atomic E-state index is 4.23. The van der Waals surface area contributed by atoms with Crippen LogP contribution in [0.5, 0.6) is 0 Å². The average Bonchev–Trinajstić information content (AvgIpc) is 2.81. The molecule has 4 heteroatoms. The summed E-state index contributed by atoms with van der Waals surface area (Å²) in [6, 6.07) is 0. The Morgan fingerprint density at radius 2 is 2.24 bits per heavy atom. The molecule has 0 saturated carbocycles. The lowest BCUT2D eigenvalue weighted by Gasteiger charge is -2.23. The van der Waals surface area contributed by atoms with Crippen molar-refractivity contribution in [2.75, 3.05) is 24.5 Å². The fourth-order valence-electron chi connectivity index (χ4n) is 2.26. The van der Waals surface area contributed by atoms with Crippen LogP contribution in [0.25, 0.3) is 0 Å². The fraction of sp³-hybridized carbons (Fsp3) is 0.769. The van der Waals surface area contributed by atoms with Crippen molar-refractivity contribution in [2.45, 2.75) is 32.7 Å². The summed E-state index contributed by atoms with van der Waals surface area (Å²) in [5.41, 5.74) is 1.48. The molecule has 1 aromatic heterocycles. The summed E-state index contributed by atoms with van der Waals surface area (Å²) in [5, 5.41) is 7.82. The van der Waals surface area contributed by atoms with Gasteiger partial charge in [-0.1, -0.05) is 0 Å². The summed E-state index contributed by atoms with van der Waals surface area (Å²) in [7, 11) is 1.97. The molecular weight excluding hydrogens is 212 g/mol. The predicted molar refractivity (Wildman–Crippen MR) is 71.3 cm³/mol. The van der Waals surface area contributed by atoms with Crippen molar-refractivity contribution in [1.29, 1.82) is 0 Å². The van der Waals surface area contributed by atoms with Gasteiger partial charge in [-0.15, -0.1) is 0 Å². The van der Waals surface area contributed by atoms with Crippen LogP contribution in [0.1, 0.15) is 27.2 Å².